The predicted molar refractivity (Wildman–Crippen MR) is 60.5 cm³/mol. The molecule has 1 rings (SSSR count). The second kappa shape index (κ2) is 5.25. The van der Waals surface area contributed by atoms with Crippen LogP contribution in [0.25, 0.3) is 0 Å². The van der Waals surface area contributed by atoms with Gasteiger partial charge in [0.15, 0.2) is 5.78 Å². The van der Waals surface area contributed by atoms with Crippen LogP contribution in [0.5, 0.6) is 0 Å². The van der Waals surface area contributed by atoms with Crippen molar-refractivity contribution in [1.82, 2.24) is 0 Å². The van der Waals surface area contributed by atoms with Crippen LogP contribution in [0.15, 0.2) is 29.0 Å². The third-order valence-electron chi connectivity index (χ3n) is 1.47. The standard InChI is InChI=1S/C10H12OS2/c1-8(2)12-7-5-9(11)10-4-3-6-13-10/h3-4,6H,1,5,7H2,2H3. The van der Waals surface area contributed by atoms with Crippen LogP contribution in [-0.4, -0.2) is 11.5 Å². The van der Waals surface area contributed by atoms with E-state index in [1.165, 1.54) is 11.3 Å². The number of Topliss-reactive ketones (excluding diaryl/α,β-unsaturated/α-hetero) is 1. The van der Waals surface area contributed by atoms with Crippen LogP contribution >= 0.6 is 23.1 Å². The van der Waals surface area contributed by atoms with E-state index in [9.17, 15) is 4.79 Å². The van der Waals surface area contributed by atoms with E-state index in [1.807, 2.05) is 24.4 Å². The zero-order chi connectivity index (χ0) is 9.68. The van der Waals surface area contributed by atoms with Crippen molar-refractivity contribution in [3.05, 3.63) is 33.9 Å². The molecule has 0 aliphatic heterocycles. The van der Waals surface area contributed by atoms with Gasteiger partial charge in [0.25, 0.3) is 0 Å². The van der Waals surface area contributed by atoms with Crippen molar-refractivity contribution in [3.8, 4) is 0 Å². The highest BCUT2D eigenvalue weighted by Gasteiger charge is 2.05. The van der Waals surface area contributed by atoms with Gasteiger partial charge in [-0.2, -0.15) is 0 Å². The molecule has 0 bridgehead atoms. The molecule has 13 heavy (non-hydrogen) atoms. The molecule has 70 valence electrons. The maximum Gasteiger partial charge on any atom is 0.173 e. The Morgan fingerprint density at radius 1 is 1.69 bits per heavy atom. The SMILES string of the molecule is C=C(C)SCCC(=O)c1cccs1. The number of ketones is 1. The second-order valence-electron chi connectivity index (χ2n) is 2.70. The Morgan fingerprint density at radius 3 is 3.00 bits per heavy atom. The Bertz CT molecular complexity index is 288. The largest absolute Gasteiger partial charge is 0.293 e. The number of thiophene rings is 1. The van der Waals surface area contributed by atoms with Crippen LogP contribution in [0.2, 0.25) is 0 Å². The molecule has 1 aromatic rings. The van der Waals surface area contributed by atoms with Crippen LogP contribution in [0, 0.1) is 0 Å². The van der Waals surface area contributed by atoms with Gasteiger partial charge in [-0.05, 0) is 23.3 Å². The smallest absolute Gasteiger partial charge is 0.173 e. The molecule has 0 aliphatic carbocycles. The van der Waals surface area contributed by atoms with Crippen LogP contribution in [0.4, 0.5) is 0 Å². The number of rotatable bonds is 5. The summed E-state index contributed by atoms with van der Waals surface area (Å²) in [5.41, 5.74) is 0. The number of carbonyl (C=O) groups is 1. The van der Waals surface area contributed by atoms with E-state index in [4.69, 9.17) is 0 Å². The lowest BCUT2D eigenvalue weighted by molar-refractivity contribution is 0.0993. The van der Waals surface area contributed by atoms with Crippen molar-refractivity contribution in [1.29, 1.82) is 0 Å². The van der Waals surface area contributed by atoms with Crippen molar-refractivity contribution in [3.63, 3.8) is 0 Å². The zero-order valence-electron chi connectivity index (χ0n) is 7.58. The van der Waals surface area contributed by atoms with Crippen molar-refractivity contribution < 1.29 is 4.79 Å². The maximum atomic E-state index is 11.5. The van der Waals surface area contributed by atoms with Gasteiger partial charge in [-0.15, -0.1) is 23.1 Å². The number of allylic oxidation sites excluding steroid dienone is 1. The molecule has 0 saturated heterocycles. The predicted octanol–water partition coefficient (Wildman–Crippen LogP) is 3.59. The quantitative estimate of drug-likeness (QED) is 0.694. The van der Waals surface area contributed by atoms with Gasteiger partial charge in [-0.1, -0.05) is 12.6 Å². The minimum absolute atomic E-state index is 0.240. The highest BCUT2D eigenvalue weighted by Crippen LogP contribution is 2.16. The minimum Gasteiger partial charge on any atom is -0.293 e. The summed E-state index contributed by atoms with van der Waals surface area (Å²) >= 11 is 3.15. The number of carbonyl (C=O) groups excluding carboxylic acids is 1. The van der Waals surface area contributed by atoms with Crippen molar-refractivity contribution in [2.24, 2.45) is 0 Å². The summed E-state index contributed by atoms with van der Waals surface area (Å²) in [6, 6.07) is 3.78. The summed E-state index contributed by atoms with van der Waals surface area (Å²) in [6.07, 6.45) is 0.609. The van der Waals surface area contributed by atoms with Gasteiger partial charge in [0, 0.05) is 12.2 Å². The normalized spacial score (nSPS) is 9.92. The van der Waals surface area contributed by atoms with Gasteiger partial charge in [0.05, 0.1) is 4.88 Å². The molecule has 0 saturated carbocycles. The van der Waals surface area contributed by atoms with Gasteiger partial charge >= 0.3 is 0 Å². The molecule has 1 aromatic heterocycles. The summed E-state index contributed by atoms with van der Waals surface area (Å²) in [5, 5.41) is 1.93. The Morgan fingerprint density at radius 2 is 2.46 bits per heavy atom. The Hall–Kier alpha value is -0.540. The van der Waals surface area contributed by atoms with Crippen molar-refractivity contribution >= 4 is 28.9 Å². The highest BCUT2D eigenvalue weighted by atomic mass is 32.2. The van der Waals surface area contributed by atoms with Crippen LogP contribution in [0.3, 0.4) is 0 Å². The molecule has 0 amide bonds. The highest BCUT2D eigenvalue weighted by molar-refractivity contribution is 8.03. The molecule has 1 nitrogen and oxygen atoms in total. The summed E-state index contributed by atoms with van der Waals surface area (Å²) in [5.74, 6) is 1.08. The van der Waals surface area contributed by atoms with Crippen molar-refractivity contribution in [2.75, 3.05) is 5.75 Å². The van der Waals surface area contributed by atoms with Crippen LogP contribution in [0.1, 0.15) is 23.0 Å². The molecule has 0 N–H and O–H groups in total. The van der Waals surface area contributed by atoms with Gasteiger partial charge in [0.1, 0.15) is 0 Å². The van der Waals surface area contributed by atoms with Crippen LogP contribution < -0.4 is 0 Å². The van der Waals surface area contributed by atoms with Gasteiger partial charge < -0.3 is 0 Å². The number of hydrogen-bond donors (Lipinski definition) is 0. The lowest BCUT2D eigenvalue weighted by Gasteiger charge is -1.97. The first-order valence-corrected chi connectivity index (χ1v) is 5.91. The molecule has 0 unspecified atom stereocenters. The summed E-state index contributed by atoms with van der Waals surface area (Å²) in [4.78, 5) is 13.4. The van der Waals surface area contributed by atoms with Crippen LogP contribution in [-0.2, 0) is 0 Å². The third-order valence-corrected chi connectivity index (χ3v) is 3.29. The molecule has 0 atom stereocenters. The summed E-state index contributed by atoms with van der Waals surface area (Å²) < 4.78 is 0. The van der Waals surface area contributed by atoms with Gasteiger partial charge in [-0.25, -0.2) is 0 Å². The number of hydrogen-bond acceptors (Lipinski definition) is 3. The fourth-order valence-corrected chi connectivity index (χ4v) is 2.21. The maximum absolute atomic E-state index is 11.5. The monoisotopic (exact) mass is 212 g/mol. The molecular weight excluding hydrogens is 200 g/mol. The molecule has 0 aromatic carbocycles. The first-order valence-electron chi connectivity index (χ1n) is 4.05. The molecular formula is C10H12OS2. The average molecular weight is 212 g/mol. The molecule has 0 aliphatic rings. The molecule has 0 fully saturated rings. The number of thioether (sulfide) groups is 1. The zero-order valence-corrected chi connectivity index (χ0v) is 9.21. The lowest BCUT2D eigenvalue weighted by atomic mass is 10.3. The molecule has 1 heterocycles. The van der Waals surface area contributed by atoms with E-state index in [2.05, 4.69) is 6.58 Å². The first-order chi connectivity index (χ1) is 6.20. The topological polar surface area (TPSA) is 17.1 Å². The minimum atomic E-state index is 0.240. The van der Waals surface area contributed by atoms with E-state index in [1.54, 1.807) is 11.8 Å². The Labute approximate surface area is 86.9 Å². The second-order valence-corrected chi connectivity index (χ2v) is 5.04. The van der Waals surface area contributed by atoms with Crippen molar-refractivity contribution in [2.45, 2.75) is 13.3 Å². The fourth-order valence-electron chi connectivity index (χ4n) is 0.878. The molecule has 3 heteroatoms. The first kappa shape index (κ1) is 10.5. The van der Waals surface area contributed by atoms with E-state index in [0.29, 0.717) is 6.42 Å². The Balaban J connectivity index is 2.31. The molecule has 0 radical (unpaired) electrons. The van der Waals surface area contributed by atoms with Gasteiger partial charge in [-0.3, -0.25) is 4.79 Å². The average Bonchev–Trinajstić information content (AvgIpc) is 2.55. The van der Waals surface area contributed by atoms with E-state index >= 15 is 0 Å². The van der Waals surface area contributed by atoms with E-state index in [-0.39, 0.29) is 5.78 Å². The van der Waals surface area contributed by atoms with E-state index < -0.39 is 0 Å². The third kappa shape index (κ3) is 3.79. The fraction of sp³-hybridized carbons (Fsp3) is 0.300. The molecule has 0 spiro atoms. The summed E-state index contributed by atoms with van der Waals surface area (Å²) in [6.45, 7) is 5.73. The Kier molecular flexibility index (Phi) is 4.25. The van der Waals surface area contributed by atoms with E-state index in [0.717, 1.165) is 15.5 Å². The van der Waals surface area contributed by atoms with Gasteiger partial charge in [0.2, 0.25) is 0 Å². The summed E-state index contributed by atoms with van der Waals surface area (Å²) in [7, 11) is 0. The lowest BCUT2D eigenvalue weighted by Crippen LogP contribution is -1.97.